The van der Waals surface area contributed by atoms with Crippen LogP contribution in [0.3, 0.4) is 0 Å². The second kappa shape index (κ2) is 13.0. The van der Waals surface area contributed by atoms with E-state index in [4.69, 9.17) is 9.47 Å². The van der Waals surface area contributed by atoms with Crippen molar-refractivity contribution < 1.29 is 45.4 Å². The van der Waals surface area contributed by atoms with Gasteiger partial charge in [0.25, 0.3) is 0 Å². The molecule has 1 amide bonds. The fraction of sp³-hybridized carbons (Fsp3) is 0.577. The third-order valence-electron chi connectivity index (χ3n) is 6.94. The van der Waals surface area contributed by atoms with Gasteiger partial charge in [-0.2, -0.15) is 13.2 Å². The fourth-order valence-corrected chi connectivity index (χ4v) is 4.80. The highest BCUT2D eigenvalue weighted by atomic mass is 19.4. The molecule has 0 unspecified atom stereocenters. The number of nitrogens with zero attached hydrogens (tertiary/aromatic N) is 4. The minimum absolute atomic E-state index is 0.0139. The molecule has 1 aromatic heterocycles. The van der Waals surface area contributed by atoms with Crippen molar-refractivity contribution in [3.63, 3.8) is 0 Å². The molecule has 0 N–H and O–H groups in total. The van der Waals surface area contributed by atoms with Crippen molar-refractivity contribution >= 4 is 11.9 Å². The van der Waals surface area contributed by atoms with E-state index in [-0.39, 0.29) is 56.8 Å². The number of hydrogen-bond acceptors (Lipinski definition) is 6. The summed E-state index contributed by atoms with van der Waals surface area (Å²) in [5.74, 6) is -6.12. The molecule has 0 aliphatic carbocycles. The molecule has 14 heteroatoms. The van der Waals surface area contributed by atoms with Crippen molar-refractivity contribution in [2.24, 2.45) is 0 Å². The molecule has 2 aromatic rings. The number of hydrogen-bond donors (Lipinski definition) is 0. The number of morpholine rings is 1. The monoisotopic (exact) mass is 576 g/mol. The fourth-order valence-electron chi connectivity index (χ4n) is 4.80. The highest BCUT2D eigenvalue weighted by molar-refractivity contribution is 5.89. The maximum Gasteiger partial charge on any atom is 0.449 e. The molecule has 0 saturated carbocycles. The SMILES string of the molecule is O=C(OCCCCN1CCOCC1)c1nc(C(F)(F)F)n2c1CN(C(=O)CCCc1cc(F)c(F)cc1F)CC2. The van der Waals surface area contributed by atoms with Gasteiger partial charge in [0.15, 0.2) is 17.3 Å². The van der Waals surface area contributed by atoms with Crippen LogP contribution < -0.4 is 0 Å². The zero-order chi connectivity index (χ0) is 28.9. The van der Waals surface area contributed by atoms with E-state index in [9.17, 15) is 35.9 Å². The molecule has 1 saturated heterocycles. The van der Waals surface area contributed by atoms with Crippen molar-refractivity contribution in [1.82, 2.24) is 19.4 Å². The van der Waals surface area contributed by atoms with Crippen LogP contribution in [0.4, 0.5) is 26.3 Å². The second-order valence-corrected chi connectivity index (χ2v) is 9.70. The number of rotatable bonds is 10. The number of benzene rings is 1. The first kappa shape index (κ1) is 29.8. The normalized spacial score (nSPS) is 16.2. The number of fused-ring (bicyclic) bond motifs is 1. The summed E-state index contributed by atoms with van der Waals surface area (Å²) in [4.78, 5) is 32.6. The molecule has 0 spiro atoms. The molecule has 0 atom stereocenters. The number of halogens is 6. The van der Waals surface area contributed by atoms with Crippen LogP contribution in [0.5, 0.6) is 0 Å². The van der Waals surface area contributed by atoms with Gasteiger partial charge in [0.1, 0.15) is 5.82 Å². The number of aryl methyl sites for hydroxylation is 1. The van der Waals surface area contributed by atoms with Crippen molar-refractivity contribution in [2.75, 3.05) is 46.0 Å². The second-order valence-electron chi connectivity index (χ2n) is 9.70. The molecular weight excluding hydrogens is 546 g/mol. The molecule has 1 aromatic carbocycles. The predicted molar refractivity (Wildman–Crippen MR) is 129 cm³/mol. The van der Waals surface area contributed by atoms with Crippen LogP contribution in [0.25, 0.3) is 0 Å². The minimum Gasteiger partial charge on any atom is -0.461 e. The lowest BCUT2D eigenvalue weighted by atomic mass is 10.1. The third-order valence-corrected chi connectivity index (χ3v) is 6.94. The van der Waals surface area contributed by atoms with Crippen molar-refractivity contribution in [3.05, 3.63) is 52.4 Å². The van der Waals surface area contributed by atoms with Gasteiger partial charge in [0.2, 0.25) is 11.7 Å². The quantitative estimate of drug-likeness (QED) is 0.185. The van der Waals surface area contributed by atoms with Gasteiger partial charge in [-0.05, 0) is 43.9 Å². The number of alkyl halides is 3. The smallest absolute Gasteiger partial charge is 0.449 e. The highest BCUT2D eigenvalue weighted by Gasteiger charge is 2.42. The van der Waals surface area contributed by atoms with Gasteiger partial charge < -0.3 is 18.9 Å². The number of aromatic nitrogens is 2. The van der Waals surface area contributed by atoms with Crippen LogP contribution in [-0.4, -0.2) is 77.2 Å². The van der Waals surface area contributed by atoms with E-state index >= 15 is 0 Å². The van der Waals surface area contributed by atoms with E-state index in [0.29, 0.717) is 25.7 Å². The Morgan fingerprint density at radius 3 is 2.40 bits per heavy atom. The van der Waals surface area contributed by atoms with Crippen LogP contribution in [0.1, 0.15) is 53.3 Å². The lowest BCUT2D eigenvalue weighted by Crippen LogP contribution is -2.39. The Labute approximate surface area is 226 Å². The molecule has 1 fully saturated rings. The zero-order valence-electron chi connectivity index (χ0n) is 21.7. The molecule has 0 radical (unpaired) electrons. The number of esters is 1. The number of ether oxygens (including phenoxy) is 2. The van der Waals surface area contributed by atoms with E-state index in [1.807, 2.05) is 0 Å². The van der Waals surface area contributed by atoms with Crippen molar-refractivity contribution in [3.8, 4) is 0 Å². The zero-order valence-corrected chi connectivity index (χ0v) is 21.7. The first-order valence-electron chi connectivity index (χ1n) is 13.1. The van der Waals surface area contributed by atoms with E-state index < -0.39 is 47.0 Å². The topological polar surface area (TPSA) is 76.9 Å². The summed E-state index contributed by atoms with van der Waals surface area (Å²) in [7, 11) is 0. The summed E-state index contributed by atoms with van der Waals surface area (Å²) in [5.41, 5.74) is -0.646. The van der Waals surface area contributed by atoms with Gasteiger partial charge >= 0.3 is 12.1 Å². The Hall–Kier alpha value is -3.13. The average molecular weight is 577 g/mol. The molecular formula is C26H30F6N4O4. The molecule has 4 rings (SSSR count). The molecule has 2 aliphatic rings. The Balaban J connectivity index is 1.35. The molecule has 220 valence electrons. The van der Waals surface area contributed by atoms with Gasteiger partial charge in [0, 0.05) is 38.7 Å². The molecule has 40 heavy (non-hydrogen) atoms. The molecule has 2 aliphatic heterocycles. The summed E-state index contributed by atoms with van der Waals surface area (Å²) < 4.78 is 92.7. The first-order chi connectivity index (χ1) is 19.0. The summed E-state index contributed by atoms with van der Waals surface area (Å²) in [5, 5.41) is 0. The van der Waals surface area contributed by atoms with Crippen molar-refractivity contribution in [2.45, 2.75) is 51.4 Å². The van der Waals surface area contributed by atoms with E-state index in [1.165, 1.54) is 4.90 Å². The Kier molecular flexibility index (Phi) is 9.72. The summed E-state index contributed by atoms with van der Waals surface area (Å²) in [6, 6.07) is 1.16. The number of carbonyl (C=O) groups is 2. The number of imidazole rings is 1. The predicted octanol–water partition coefficient (Wildman–Crippen LogP) is 3.95. The highest BCUT2D eigenvalue weighted by Crippen LogP contribution is 2.33. The number of amides is 1. The first-order valence-corrected chi connectivity index (χ1v) is 13.1. The lowest BCUT2D eigenvalue weighted by Gasteiger charge is -2.29. The third kappa shape index (κ3) is 7.33. The Bertz CT molecular complexity index is 1210. The standard InChI is InChI=1S/C26H30F6N4O4/c27-18-15-20(29)19(28)14-17(18)4-3-5-22(37)35-7-8-36-21(16-35)23(33-25(36)26(30,31)32)24(38)40-11-2-1-6-34-9-12-39-13-10-34/h14-15H,1-13,16H2. The maximum absolute atomic E-state index is 13.9. The molecule has 3 heterocycles. The minimum atomic E-state index is -4.81. The largest absolute Gasteiger partial charge is 0.461 e. The number of unbranched alkanes of at least 4 members (excludes halogenated alkanes) is 1. The molecule has 8 nitrogen and oxygen atoms in total. The van der Waals surface area contributed by atoms with Gasteiger partial charge in [-0.3, -0.25) is 9.69 Å². The van der Waals surface area contributed by atoms with E-state index in [1.54, 1.807) is 0 Å². The van der Waals surface area contributed by atoms with Gasteiger partial charge in [0.05, 0.1) is 32.1 Å². The van der Waals surface area contributed by atoms with Crippen LogP contribution in [0, 0.1) is 17.5 Å². The average Bonchev–Trinajstić information content (AvgIpc) is 3.31. The van der Waals surface area contributed by atoms with E-state index in [2.05, 4.69) is 9.88 Å². The Morgan fingerprint density at radius 1 is 0.950 bits per heavy atom. The maximum atomic E-state index is 13.9. The summed E-state index contributed by atoms with van der Waals surface area (Å²) in [6.07, 6.45) is -3.60. The summed E-state index contributed by atoms with van der Waals surface area (Å²) >= 11 is 0. The van der Waals surface area contributed by atoms with Crippen LogP contribution in [0.2, 0.25) is 0 Å². The van der Waals surface area contributed by atoms with Gasteiger partial charge in [-0.25, -0.2) is 22.9 Å². The summed E-state index contributed by atoms with van der Waals surface area (Å²) in [6.45, 7) is 3.19. The van der Waals surface area contributed by atoms with E-state index in [0.717, 1.165) is 36.7 Å². The number of carbonyl (C=O) groups excluding carboxylic acids is 2. The van der Waals surface area contributed by atoms with Crippen LogP contribution in [-0.2, 0) is 40.0 Å². The van der Waals surface area contributed by atoms with Gasteiger partial charge in [-0.1, -0.05) is 0 Å². The van der Waals surface area contributed by atoms with Crippen LogP contribution >= 0.6 is 0 Å². The molecule has 0 bridgehead atoms. The van der Waals surface area contributed by atoms with Crippen molar-refractivity contribution in [1.29, 1.82) is 0 Å². The van der Waals surface area contributed by atoms with Gasteiger partial charge in [-0.15, -0.1) is 0 Å². The lowest BCUT2D eigenvalue weighted by molar-refractivity contribution is -0.148. The Morgan fingerprint density at radius 2 is 1.68 bits per heavy atom. The van der Waals surface area contributed by atoms with Crippen LogP contribution in [0.15, 0.2) is 12.1 Å².